The van der Waals surface area contributed by atoms with E-state index in [0.29, 0.717) is 0 Å². The number of ether oxygens (including phenoxy) is 1. The van der Waals surface area contributed by atoms with Crippen molar-refractivity contribution >= 4 is 0 Å². The van der Waals surface area contributed by atoms with Crippen molar-refractivity contribution in [2.75, 3.05) is 6.61 Å². The standard InChI is InChI=1S/C9H7F4NO/c10-5-7(15-3-4-1-2-4)6(11)9(13)14-8(5)12/h4H,1-3H2. The van der Waals surface area contributed by atoms with Gasteiger partial charge in [-0.3, -0.25) is 0 Å². The number of hydrogen-bond acceptors (Lipinski definition) is 2. The lowest BCUT2D eigenvalue weighted by atomic mass is 10.4. The van der Waals surface area contributed by atoms with E-state index in [9.17, 15) is 17.6 Å². The maximum Gasteiger partial charge on any atom is 0.255 e. The van der Waals surface area contributed by atoms with Crippen molar-refractivity contribution in [3.8, 4) is 5.75 Å². The SMILES string of the molecule is Fc1nc(F)c(F)c(OCC2CC2)c1F. The van der Waals surface area contributed by atoms with Crippen molar-refractivity contribution in [1.29, 1.82) is 0 Å². The zero-order chi connectivity index (χ0) is 11.0. The van der Waals surface area contributed by atoms with E-state index in [1.807, 2.05) is 0 Å². The van der Waals surface area contributed by atoms with Crippen LogP contribution in [0, 0.1) is 29.4 Å². The highest BCUT2D eigenvalue weighted by molar-refractivity contribution is 5.24. The van der Waals surface area contributed by atoms with Crippen molar-refractivity contribution in [3.63, 3.8) is 0 Å². The highest BCUT2D eigenvalue weighted by atomic mass is 19.2. The maximum absolute atomic E-state index is 12.9. The first-order chi connectivity index (χ1) is 7.09. The van der Waals surface area contributed by atoms with Crippen molar-refractivity contribution in [2.45, 2.75) is 12.8 Å². The summed E-state index contributed by atoms with van der Waals surface area (Å²) in [6.45, 7) is 0.0662. The summed E-state index contributed by atoms with van der Waals surface area (Å²) in [6, 6.07) is 0. The number of nitrogens with zero attached hydrogens (tertiary/aromatic N) is 1. The molecule has 1 aromatic rings. The number of halogens is 4. The second-order valence-electron chi connectivity index (χ2n) is 3.40. The molecular weight excluding hydrogens is 214 g/mol. The Morgan fingerprint density at radius 3 is 2.07 bits per heavy atom. The fourth-order valence-electron chi connectivity index (χ4n) is 1.08. The molecule has 82 valence electrons. The van der Waals surface area contributed by atoms with Crippen LogP contribution in [0.1, 0.15) is 12.8 Å². The van der Waals surface area contributed by atoms with Gasteiger partial charge in [0.15, 0.2) is 5.75 Å². The van der Waals surface area contributed by atoms with E-state index in [4.69, 9.17) is 0 Å². The van der Waals surface area contributed by atoms with Crippen LogP contribution in [0.25, 0.3) is 0 Å². The second-order valence-corrected chi connectivity index (χ2v) is 3.40. The molecule has 0 aliphatic heterocycles. The van der Waals surface area contributed by atoms with Crippen LogP contribution in [0.5, 0.6) is 5.75 Å². The summed E-state index contributed by atoms with van der Waals surface area (Å²) in [5.41, 5.74) is 0. The highest BCUT2D eigenvalue weighted by Gasteiger charge is 2.26. The average Bonchev–Trinajstić information content (AvgIpc) is 2.99. The van der Waals surface area contributed by atoms with Gasteiger partial charge in [0.2, 0.25) is 11.6 Å². The molecule has 0 radical (unpaired) electrons. The molecular formula is C9H7F4NO. The molecule has 2 rings (SSSR count). The summed E-state index contributed by atoms with van der Waals surface area (Å²) in [5, 5.41) is 0. The van der Waals surface area contributed by atoms with Crippen molar-refractivity contribution < 1.29 is 22.3 Å². The lowest BCUT2D eigenvalue weighted by Crippen LogP contribution is -2.08. The van der Waals surface area contributed by atoms with Gasteiger partial charge in [-0.2, -0.15) is 22.5 Å². The van der Waals surface area contributed by atoms with E-state index >= 15 is 0 Å². The van der Waals surface area contributed by atoms with Crippen molar-refractivity contribution in [1.82, 2.24) is 4.98 Å². The van der Waals surface area contributed by atoms with Crippen molar-refractivity contribution in [2.24, 2.45) is 5.92 Å². The van der Waals surface area contributed by atoms with E-state index in [1.165, 1.54) is 0 Å². The van der Waals surface area contributed by atoms with E-state index in [1.54, 1.807) is 0 Å². The molecule has 0 aromatic carbocycles. The van der Waals surface area contributed by atoms with Crippen LogP contribution < -0.4 is 4.74 Å². The van der Waals surface area contributed by atoms with Gasteiger partial charge in [0.1, 0.15) is 0 Å². The zero-order valence-corrected chi connectivity index (χ0v) is 7.57. The largest absolute Gasteiger partial charge is 0.487 e. The Kier molecular flexibility index (Phi) is 2.50. The first kappa shape index (κ1) is 10.2. The van der Waals surface area contributed by atoms with Gasteiger partial charge in [0.05, 0.1) is 6.61 Å². The molecule has 2 nitrogen and oxygen atoms in total. The monoisotopic (exact) mass is 221 g/mol. The summed E-state index contributed by atoms with van der Waals surface area (Å²) in [5.74, 6) is -7.36. The van der Waals surface area contributed by atoms with Gasteiger partial charge in [0.25, 0.3) is 11.9 Å². The summed E-state index contributed by atoms with van der Waals surface area (Å²) >= 11 is 0. The quantitative estimate of drug-likeness (QED) is 0.577. The minimum atomic E-state index is -1.69. The molecule has 1 aliphatic carbocycles. The van der Waals surface area contributed by atoms with Crippen LogP contribution >= 0.6 is 0 Å². The predicted octanol–water partition coefficient (Wildman–Crippen LogP) is 2.43. The van der Waals surface area contributed by atoms with Gasteiger partial charge < -0.3 is 4.74 Å². The van der Waals surface area contributed by atoms with Gasteiger partial charge in [-0.15, -0.1) is 0 Å². The molecule has 1 aromatic heterocycles. The van der Waals surface area contributed by atoms with Gasteiger partial charge in [-0.25, -0.2) is 0 Å². The number of pyridine rings is 1. The third kappa shape index (κ3) is 2.03. The van der Waals surface area contributed by atoms with Crippen LogP contribution in [0.2, 0.25) is 0 Å². The fraction of sp³-hybridized carbons (Fsp3) is 0.444. The van der Waals surface area contributed by atoms with E-state index < -0.39 is 29.3 Å². The van der Waals surface area contributed by atoms with Gasteiger partial charge in [-0.1, -0.05) is 0 Å². The molecule has 0 amide bonds. The van der Waals surface area contributed by atoms with E-state index in [-0.39, 0.29) is 12.5 Å². The highest BCUT2D eigenvalue weighted by Crippen LogP contribution is 2.31. The Hall–Kier alpha value is -1.33. The molecule has 0 spiro atoms. The molecule has 0 atom stereocenters. The first-order valence-electron chi connectivity index (χ1n) is 4.42. The van der Waals surface area contributed by atoms with Crippen LogP contribution in [-0.2, 0) is 0 Å². The molecule has 6 heteroatoms. The topological polar surface area (TPSA) is 22.1 Å². The molecule has 0 unspecified atom stereocenters. The number of rotatable bonds is 3. The predicted molar refractivity (Wildman–Crippen MR) is 42.3 cm³/mol. The normalized spacial score (nSPS) is 15.5. The summed E-state index contributed by atoms with van der Waals surface area (Å²) in [7, 11) is 0. The van der Waals surface area contributed by atoms with Crippen molar-refractivity contribution in [3.05, 3.63) is 23.5 Å². The van der Waals surface area contributed by atoms with Gasteiger partial charge >= 0.3 is 0 Å². The molecule has 1 heterocycles. The fourth-order valence-corrected chi connectivity index (χ4v) is 1.08. The molecule has 0 bridgehead atoms. The van der Waals surface area contributed by atoms with Crippen LogP contribution in [0.15, 0.2) is 0 Å². The Labute approximate surface area is 82.9 Å². The average molecular weight is 221 g/mol. The second kappa shape index (κ2) is 3.67. The molecule has 0 saturated heterocycles. The van der Waals surface area contributed by atoms with E-state index in [0.717, 1.165) is 12.8 Å². The first-order valence-corrected chi connectivity index (χ1v) is 4.42. The Bertz CT molecular complexity index is 366. The number of hydrogen-bond donors (Lipinski definition) is 0. The van der Waals surface area contributed by atoms with Gasteiger partial charge in [0, 0.05) is 0 Å². The molecule has 15 heavy (non-hydrogen) atoms. The molecule has 1 fully saturated rings. The zero-order valence-electron chi connectivity index (χ0n) is 7.57. The Morgan fingerprint density at radius 2 is 1.60 bits per heavy atom. The third-order valence-electron chi connectivity index (χ3n) is 2.12. The maximum atomic E-state index is 12.9. The van der Waals surface area contributed by atoms with E-state index in [2.05, 4.69) is 9.72 Å². The lowest BCUT2D eigenvalue weighted by molar-refractivity contribution is 0.253. The summed E-state index contributed by atoms with van der Waals surface area (Å²) in [6.07, 6.45) is 1.80. The third-order valence-corrected chi connectivity index (χ3v) is 2.12. The van der Waals surface area contributed by atoms with Gasteiger partial charge in [-0.05, 0) is 18.8 Å². The molecule has 0 N–H and O–H groups in total. The Morgan fingerprint density at radius 1 is 1.07 bits per heavy atom. The summed E-state index contributed by atoms with van der Waals surface area (Å²) in [4.78, 5) is 2.41. The Balaban J connectivity index is 2.25. The molecule has 1 aliphatic rings. The minimum absolute atomic E-state index is 0.0662. The van der Waals surface area contributed by atoms with Crippen LogP contribution in [-0.4, -0.2) is 11.6 Å². The van der Waals surface area contributed by atoms with Crippen LogP contribution in [0.4, 0.5) is 17.6 Å². The smallest absolute Gasteiger partial charge is 0.255 e. The minimum Gasteiger partial charge on any atom is -0.487 e. The summed E-state index contributed by atoms with van der Waals surface area (Å²) < 4.78 is 55.7. The van der Waals surface area contributed by atoms with Crippen LogP contribution in [0.3, 0.4) is 0 Å². The molecule has 1 saturated carbocycles. The lowest BCUT2D eigenvalue weighted by Gasteiger charge is -2.07. The number of aromatic nitrogens is 1.